The van der Waals surface area contributed by atoms with Crippen LogP contribution in [0.15, 0.2) is 57.9 Å². The zero-order valence-corrected chi connectivity index (χ0v) is 17.9. The Morgan fingerprint density at radius 3 is 2.39 bits per heavy atom. The van der Waals surface area contributed by atoms with E-state index in [9.17, 15) is 18.0 Å². The Balaban J connectivity index is 2.05. The Morgan fingerprint density at radius 1 is 1.07 bits per heavy atom. The molecule has 0 saturated carbocycles. The second-order valence-corrected chi connectivity index (χ2v) is 8.51. The molecule has 1 amide bonds. The van der Waals surface area contributed by atoms with Crippen LogP contribution in [-0.2, 0) is 19.6 Å². The summed E-state index contributed by atoms with van der Waals surface area (Å²) in [6.45, 7) is 3.63. The molecule has 1 N–H and O–H groups in total. The van der Waals surface area contributed by atoms with Gasteiger partial charge >= 0.3 is 5.97 Å². The number of benzene rings is 2. The fourth-order valence-electron chi connectivity index (χ4n) is 2.46. The van der Waals surface area contributed by atoms with Crippen molar-refractivity contribution >= 4 is 43.5 Å². The highest BCUT2D eigenvalue weighted by molar-refractivity contribution is 9.10. The van der Waals surface area contributed by atoms with E-state index in [2.05, 4.69) is 21.2 Å². The minimum absolute atomic E-state index is 0.00307. The zero-order chi connectivity index (χ0) is 20.7. The van der Waals surface area contributed by atoms with Gasteiger partial charge in [0.15, 0.2) is 6.61 Å². The van der Waals surface area contributed by atoms with Crippen LogP contribution < -0.4 is 5.32 Å². The Bertz CT molecular complexity index is 958. The van der Waals surface area contributed by atoms with Crippen LogP contribution in [0.2, 0.25) is 0 Å². The molecule has 0 radical (unpaired) electrons. The zero-order valence-electron chi connectivity index (χ0n) is 15.5. The van der Waals surface area contributed by atoms with Crippen LogP contribution in [0, 0.1) is 0 Å². The van der Waals surface area contributed by atoms with Crippen molar-refractivity contribution in [1.29, 1.82) is 0 Å². The standard InChI is InChI=1S/C19H21BrN2O5S/c1-3-22(4-2)28(25,26)15-9-7-8-14(12-15)19(24)27-13-18(23)21-17-11-6-5-10-16(17)20/h5-12H,3-4,13H2,1-2H3,(H,21,23). The maximum Gasteiger partial charge on any atom is 0.338 e. The first-order valence-corrected chi connectivity index (χ1v) is 10.8. The van der Waals surface area contributed by atoms with Gasteiger partial charge in [0.25, 0.3) is 5.91 Å². The summed E-state index contributed by atoms with van der Waals surface area (Å²) in [5, 5.41) is 2.62. The number of ether oxygens (including phenoxy) is 1. The minimum atomic E-state index is -3.69. The number of esters is 1. The number of nitrogens with zero attached hydrogens (tertiary/aromatic N) is 1. The van der Waals surface area contributed by atoms with Crippen LogP contribution in [-0.4, -0.2) is 44.3 Å². The molecule has 0 atom stereocenters. The molecule has 9 heteroatoms. The number of nitrogens with one attached hydrogen (secondary N) is 1. The van der Waals surface area contributed by atoms with E-state index in [4.69, 9.17) is 4.74 Å². The highest BCUT2D eigenvalue weighted by Crippen LogP contribution is 2.21. The van der Waals surface area contributed by atoms with E-state index in [1.165, 1.54) is 28.6 Å². The van der Waals surface area contributed by atoms with E-state index in [1.54, 1.807) is 38.1 Å². The number of amides is 1. The van der Waals surface area contributed by atoms with E-state index in [1.807, 2.05) is 0 Å². The molecule has 7 nitrogen and oxygen atoms in total. The van der Waals surface area contributed by atoms with Crippen molar-refractivity contribution in [3.05, 3.63) is 58.6 Å². The first-order valence-electron chi connectivity index (χ1n) is 8.61. The van der Waals surface area contributed by atoms with Gasteiger partial charge in [-0.2, -0.15) is 4.31 Å². The van der Waals surface area contributed by atoms with Crippen molar-refractivity contribution in [3.8, 4) is 0 Å². The van der Waals surface area contributed by atoms with Crippen LogP contribution in [0.25, 0.3) is 0 Å². The maximum atomic E-state index is 12.6. The summed E-state index contributed by atoms with van der Waals surface area (Å²) in [6, 6.07) is 12.6. The van der Waals surface area contributed by atoms with Gasteiger partial charge in [-0.3, -0.25) is 4.79 Å². The molecule has 28 heavy (non-hydrogen) atoms. The van der Waals surface area contributed by atoms with Gasteiger partial charge in [-0.15, -0.1) is 0 Å². The Hall–Kier alpha value is -2.23. The molecule has 0 aliphatic carbocycles. The lowest BCUT2D eigenvalue weighted by molar-refractivity contribution is -0.119. The molecule has 2 aromatic carbocycles. The molecule has 0 spiro atoms. The van der Waals surface area contributed by atoms with Gasteiger partial charge in [0.05, 0.1) is 16.1 Å². The van der Waals surface area contributed by atoms with E-state index >= 15 is 0 Å². The number of halogens is 1. The molecule has 0 saturated heterocycles. The van der Waals surface area contributed by atoms with Crippen molar-refractivity contribution < 1.29 is 22.7 Å². The highest BCUT2D eigenvalue weighted by atomic mass is 79.9. The van der Waals surface area contributed by atoms with E-state index in [0.29, 0.717) is 23.2 Å². The molecule has 0 fully saturated rings. The Labute approximate surface area is 172 Å². The highest BCUT2D eigenvalue weighted by Gasteiger charge is 2.23. The quantitative estimate of drug-likeness (QED) is 0.600. The second kappa shape index (κ2) is 9.81. The number of anilines is 1. The van der Waals surface area contributed by atoms with E-state index in [0.717, 1.165) is 0 Å². The lowest BCUT2D eigenvalue weighted by atomic mass is 10.2. The number of hydrogen-bond acceptors (Lipinski definition) is 5. The smallest absolute Gasteiger partial charge is 0.338 e. The Morgan fingerprint density at radius 2 is 1.75 bits per heavy atom. The molecule has 0 aromatic heterocycles. The van der Waals surface area contributed by atoms with Gasteiger partial charge in [0.1, 0.15) is 0 Å². The molecule has 2 rings (SSSR count). The lowest BCUT2D eigenvalue weighted by Gasteiger charge is -2.18. The average Bonchev–Trinajstić information content (AvgIpc) is 2.68. The minimum Gasteiger partial charge on any atom is -0.452 e. The second-order valence-electron chi connectivity index (χ2n) is 5.72. The average molecular weight is 469 g/mol. The summed E-state index contributed by atoms with van der Waals surface area (Å²) in [6.07, 6.45) is 0. The maximum absolute atomic E-state index is 12.6. The first kappa shape index (κ1) is 22.1. The molecule has 150 valence electrons. The SMILES string of the molecule is CCN(CC)S(=O)(=O)c1cccc(C(=O)OCC(=O)Nc2ccccc2Br)c1. The van der Waals surface area contributed by atoms with Crippen molar-refractivity contribution in [2.75, 3.05) is 25.0 Å². The van der Waals surface area contributed by atoms with Gasteiger partial charge in [0, 0.05) is 17.6 Å². The molecule has 0 heterocycles. The van der Waals surface area contributed by atoms with Crippen LogP contribution >= 0.6 is 15.9 Å². The van der Waals surface area contributed by atoms with E-state index in [-0.39, 0.29) is 10.5 Å². The van der Waals surface area contributed by atoms with Crippen LogP contribution in [0.4, 0.5) is 5.69 Å². The van der Waals surface area contributed by atoms with Crippen LogP contribution in [0.1, 0.15) is 24.2 Å². The van der Waals surface area contributed by atoms with Crippen LogP contribution in [0.3, 0.4) is 0 Å². The van der Waals surface area contributed by atoms with Crippen molar-refractivity contribution in [1.82, 2.24) is 4.31 Å². The van der Waals surface area contributed by atoms with Crippen LogP contribution in [0.5, 0.6) is 0 Å². The molecule has 0 bridgehead atoms. The summed E-state index contributed by atoms with van der Waals surface area (Å²) in [7, 11) is -3.69. The largest absolute Gasteiger partial charge is 0.452 e. The van der Waals surface area contributed by atoms with Gasteiger partial charge in [0.2, 0.25) is 10.0 Å². The monoisotopic (exact) mass is 468 g/mol. The fraction of sp³-hybridized carbons (Fsp3) is 0.263. The van der Waals surface area contributed by atoms with Gasteiger partial charge in [-0.05, 0) is 46.3 Å². The molecular formula is C19H21BrN2O5S. The summed E-state index contributed by atoms with van der Waals surface area (Å²) in [5.74, 6) is -1.29. The first-order chi connectivity index (χ1) is 13.3. The third-order valence-electron chi connectivity index (χ3n) is 3.90. The predicted molar refractivity (Wildman–Crippen MR) is 110 cm³/mol. The summed E-state index contributed by atoms with van der Waals surface area (Å²) in [5.41, 5.74) is 0.609. The predicted octanol–water partition coefficient (Wildman–Crippen LogP) is 3.28. The van der Waals surface area contributed by atoms with Crippen molar-refractivity contribution in [3.63, 3.8) is 0 Å². The number of hydrogen-bond donors (Lipinski definition) is 1. The number of carbonyl (C=O) groups excluding carboxylic acids is 2. The number of para-hydroxylation sites is 1. The molecule has 0 aliphatic heterocycles. The molecular weight excluding hydrogens is 448 g/mol. The molecule has 2 aromatic rings. The number of rotatable bonds is 8. The normalized spacial score (nSPS) is 11.3. The summed E-state index contributed by atoms with van der Waals surface area (Å²) < 4.78 is 32.2. The number of carbonyl (C=O) groups is 2. The topological polar surface area (TPSA) is 92.8 Å². The van der Waals surface area contributed by atoms with Crippen molar-refractivity contribution in [2.24, 2.45) is 0 Å². The third kappa shape index (κ3) is 5.40. The summed E-state index contributed by atoms with van der Waals surface area (Å²) >= 11 is 3.31. The van der Waals surface area contributed by atoms with Gasteiger partial charge in [-0.25, -0.2) is 13.2 Å². The lowest BCUT2D eigenvalue weighted by Crippen LogP contribution is -2.30. The van der Waals surface area contributed by atoms with E-state index < -0.39 is 28.5 Å². The Kier molecular flexibility index (Phi) is 7.73. The molecule has 0 unspecified atom stereocenters. The van der Waals surface area contributed by atoms with Gasteiger partial charge < -0.3 is 10.1 Å². The molecule has 0 aliphatic rings. The fourth-order valence-corrected chi connectivity index (χ4v) is 4.35. The third-order valence-corrected chi connectivity index (χ3v) is 6.63. The number of sulfonamides is 1. The van der Waals surface area contributed by atoms with Crippen molar-refractivity contribution in [2.45, 2.75) is 18.7 Å². The summed E-state index contributed by atoms with van der Waals surface area (Å²) in [4.78, 5) is 24.2. The van der Waals surface area contributed by atoms with Gasteiger partial charge in [-0.1, -0.05) is 32.0 Å².